The minimum Gasteiger partial charge on any atom is -0.376 e. The highest BCUT2D eigenvalue weighted by molar-refractivity contribution is 7.99. The number of ether oxygens (including phenoxy) is 1. The molecule has 2 atom stereocenters. The topological polar surface area (TPSA) is 12.5 Å². The minimum absolute atomic E-state index is 0.382. The average Bonchev–Trinajstić information content (AvgIpc) is 2.35. The number of morpholine rings is 1. The molecule has 0 bridgehead atoms. The van der Waals surface area contributed by atoms with E-state index in [0.29, 0.717) is 12.1 Å². The fourth-order valence-electron chi connectivity index (χ4n) is 2.08. The largest absolute Gasteiger partial charge is 0.376 e. The molecule has 3 heteroatoms. The summed E-state index contributed by atoms with van der Waals surface area (Å²) in [4.78, 5) is 3.89. The first-order chi connectivity index (χ1) is 8.25. The third-order valence-electron chi connectivity index (χ3n) is 3.13. The second kappa shape index (κ2) is 6.43. The van der Waals surface area contributed by atoms with Crippen LogP contribution in [0, 0.1) is 0 Å². The lowest BCUT2D eigenvalue weighted by molar-refractivity contribution is -0.0467. The number of hydrogen-bond donors (Lipinski definition) is 0. The summed E-state index contributed by atoms with van der Waals surface area (Å²) in [5, 5.41) is 0. The van der Waals surface area contributed by atoms with E-state index in [2.05, 4.69) is 49.1 Å². The molecule has 17 heavy (non-hydrogen) atoms. The van der Waals surface area contributed by atoms with E-state index < -0.39 is 0 Å². The van der Waals surface area contributed by atoms with Crippen LogP contribution in [-0.2, 0) is 4.74 Å². The van der Waals surface area contributed by atoms with Crippen molar-refractivity contribution in [3.05, 3.63) is 30.3 Å². The summed E-state index contributed by atoms with van der Waals surface area (Å²) in [5.41, 5.74) is 0. The first-order valence-corrected chi connectivity index (χ1v) is 7.28. The maximum Gasteiger partial charge on any atom is 0.0674 e. The summed E-state index contributed by atoms with van der Waals surface area (Å²) in [7, 11) is 0. The lowest BCUT2D eigenvalue weighted by Crippen LogP contribution is -2.48. The van der Waals surface area contributed by atoms with E-state index >= 15 is 0 Å². The van der Waals surface area contributed by atoms with Crippen LogP contribution in [0.1, 0.15) is 13.8 Å². The number of nitrogens with zero attached hydrogens (tertiary/aromatic N) is 1. The molecule has 1 aliphatic rings. The molecule has 1 aromatic carbocycles. The summed E-state index contributed by atoms with van der Waals surface area (Å²) < 4.78 is 5.64. The zero-order valence-electron chi connectivity index (χ0n) is 10.6. The molecule has 0 radical (unpaired) electrons. The third kappa shape index (κ3) is 4.02. The molecule has 94 valence electrons. The Morgan fingerprint density at radius 3 is 2.82 bits per heavy atom. The Balaban J connectivity index is 1.74. The second-order valence-electron chi connectivity index (χ2n) is 4.65. The Morgan fingerprint density at radius 1 is 1.29 bits per heavy atom. The Kier molecular flexibility index (Phi) is 4.89. The highest BCUT2D eigenvalue weighted by atomic mass is 32.2. The molecule has 0 aromatic heterocycles. The van der Waals surface area contributed by atoms with Gasteiger partial charge in [0.05, 0.1) is 12.7 Å². The van der Waals surface area contributed by atoms with Gasteiger partial charge in [0.2, 0.25) is 0 Å². The molecule has 1 aromatic rings. The lowest BCUT2D eigenvalue weighted by atomic mass is 10.2. The molecule has 0 saturated carbocycles. The van der Waals surface area contributed by atoms with Crippen molar-refractivity contribution in [2.45, 2.75) is 30.9 Å². The van der Waals surface area contributed by atoms with E-state index in [9.17, 15) is 0 Å². The highest BCUT2D eigenvalue weighted by Crippen LogP contribution is 2.18. The van der Waals surface area contributed by atoms with Crippen LogP contribution in [0.2, 0.25) is 0 Å². The quantitative estimate of drug-likeness (QED) is 0.764. The first-order valence-electron chi connectivity index (χ1n) is 6.29. The Morgan fingerprint density at radius 2 is 2.06 bits per heavy atom. The summed E-state index contributed by atoms with van der Waals surface area (Å²) in [6.07, 6.45) is 0.382. The number of benzene rings is 1. The van der Waals surface area contributed by atoms with Gasteiger partial charge >= 0.3 is 0 Å². The van der Waals surface area contributed by atoms with Crippen molar-refractivity contribution >= 4 is 11.8 Å². The van der Waals surface area contributed by atoms with Crippen LogP contribution >= 0.6 is 11.8 Å². The van der Waals surface area contributed by atoms with E-state index in [4.69, 9.17) is 4.74 Å². The molecule has 2 rings (SSSR count). The molecule has 1 saturated heterocycles. The van der Waals surface area contributed by atoms with Gasteiger partial charge in [0.25, 0.3) is 0 Å². The smallest absolute Gasteiger partial charge is 0.0674 e. The van der Waals surface area contributed by atoms with Crippen LogP contribution in [-0.4, -0.2) is 42.5 Å². The second-order valence-corrected chi connectivity index (χ2v) is 5.82. The molecule has 0 spiro atoms. The van der Waals surface area contributed by atoms with Crippen molar-refractivity contribution in [3.8, 4) is 0 Å². The van der Waals surface area contributed by atoms with Gasteiger partial charge < -0.3 is 4.74 Å². The number of rotatable bonds is 4. The molecular formula is C14H21NOS. The van der Waals surface area contributed by atoms with E-state index in [0.717, 1.165) is 25.4 Å². The minimum atomic E-state index is 0.382. The first kappa shape index (κ1) is 12.9. The van der Waals surface area contributed by atoms with Crippen molar-refractivity contribution in [2.75, 3.05) is 25.4 Å². The molecule has 0 aliphatic carbocycles. The van der Waals surface area contributed by atoms with Crippen LogP contribution in [0.15, 0.2) is 35.2 Å². The van der Waals surface area contributed by atoms with Crippen LogP contribution in [0.4, 0.5) is 0 Å². The Labute approximate surface area is 108 Å². The van der Waals surface area contributed by atoms with Gasteiger partial charge in [0, 0.05) is 29.8 Å². The maximum absolute atomic E-state index is 5.64. The van der Waals surface area contributed by atoms with Crippen molar-refractivity contribution in [1.82, 2.24) is 4.90 Å². The van der Waals surface area contributed by atoms with Crippen LogP contribution in [0.5, 0.6) is 0 Å². The molecule has 1 heterocycles. The molecule has 0 amide bonds. The molecule has 0 N–H and O–H groups in total. The van der Waals surface area contributed by atoms with Gasteiger partial charge in [-0.3, -0.25) is 4.90 Å². The van der Waals surface area contributed by atoms with Crippen molar-refractivity contribution in [3.63, 3.8) is 0 Å². The predicted molar refractivity (Wildman–Crippen MR) is 73.6 cm³/mol. The van der Waals surface area contributed by atoms with Crippen molar-refractivity contribution in [1.29, 1.82) is 0 Å². The van der Waals surface area contributed by atoms with Gasteiger partial charge in [0.1, 0.15) is 0 Å². The monoisotopic (exact) mass is 251 g/mol. The van der Waals surface area contributed by atoms with Gasteiger partial charge in [-0.15, -0.1) is 11.8 Å². The molecular weight excluding hydrogens is 230 g/mol. The summed E-state index contributed by atoms with van der Waals surface area (Å²) in [6.45, 7) is 7.49. The molecule has 2 nitrogen and oxygen atoms in total. The lowest BCUT2D eigenvalue weighted by Gasteiger charge is -2.36. The molecule has 1 fully saturated rings. The van der Waals surface area contributed by atoms with Gasteiger partial charge in [-0.1, -0.05) is 18.2 Å². The Bertz CT molecular complexity index is 330. The maximum atomic E-state index is 5.64. The SMILES string of the molecule is CC1CN(CCSc2ccccc2)C(C)CO1. The van der Waals surface area contributed by atoms with Gasteiger partial charge in [0.15, 0.2) is 0 Å². The van der Waals surface area contributed by atoms with E-state index in [1.807, 2.05) is 11.8 Å². The zero-order valence-corrected chi connectivity index (χ0v) is 11.5. The number of thioether (sulfide) groups is 1. The molecule has 2 unspecified atom stereocenters. The highest BCUT2D eigenvalue weighted by Gasteiger charge is 2.22. The molecule has 1 aliphatic heterocycles. The average molecular weight is 251 g/mol. The van der Waals surface area contributed by atoms with Crippen molar-refractivity contribution in [2.24, 2.45) is 0 Å². The van der Waals surface area contributed by atoms with Crippen molar-refractivity contribution < 1.29 is 4.74 Å². The predicted octanol–water partition coefficient (Wildman–Crippen LogP) is 2.89. The van der Waals surface area contributed by atoms with Crippen LogP contribution in [0.3, 0.4) is 0 Å². The van der Waals surface area contributed by atoms with Crippen LogP contribution < -0.4 is 0 Å². The third-order valence-corrected chi connectivity index (χ3v) is 4.12. The summed E-state index contributed by atoms with van der Waals surface area (Å²) >= 11 is 1.93. The fourth-order valence-corrected chi connectivity index (χ4v) is 2.99. The summed E-state index contributed by atoms with van der Waals surface area (Å²) in [6, 6.07) is 11.2. The normalized spacial score (nSPS) is 26.0. The zero-order chi connectivity index (χ0) is 12.1. The van der Waals surface area contributed by atoms with E-state index in [1.54, 1.807) is 0 Å². The van der Waals surface area contributed by atoms with Gasteiger partial charge in [-0.05, 0) is 26.0 Å². The summed E-state index contributed by atoms with van der Waals surface area (Å²) in [5.74, 6) is 1.15. The fraction of sp³-hybridized carbons (Fsp3) is 0.571. The number of hydrogen-bond acceptors (Lipinski definition) is 3. The van der Waals surface area contributed by atoms with E-state index in [1.165, 1.54) is 4.90 Å². The van der Waals surface area contributed by atoms with E-state index in [-0.39, 0.29) is 0 Å². The standard InChI is InChI=1S/C14H21NOS/c1-12-11-16-13(2)10-15(12)8-9-17-14-6-4-3-5-7-14/h3-7,12-13H,8-11H2,1-2H3. The Hall–Kier alpha value is -0.510. The van der Waals surface area contributed by atoms with Gasteiger partial charge in [-0.25, -0.2) is 0 Å². The van der Waals surface area contributed by atoms with Crippen LogP contribution in [0.25, 0.3) is 0 Å². The van der Waals surface area contributed by atoms with Gasteiger partial charge in [-0.2, -0.15) is 0 Å².